The molecule has 1 aliphatic heterocycles. The number of methoxy groups -OCH3 is 1. The van der Waals surface area contributed by atoms with Crippen LogP contribution in [0.5, 0.6) is 5.75 Å². The zero-order valence-corrected chi connectivity index (χ0v) is 17.3. The van der Waals surface area contributed by atoms with Crippen LogP contribution in [0.15, 0.2) is 70.9 Å². The minimum absolute atomic E-state index is 0.0705. The second-order valence-electron chi connectivity index (χ2n) is 7.72. The van der Waals surface area contributed by atoms with Crippen molar-refractivity contribution in [3.8, 4) is 5.75 Å². The largest absolute Gasteiger partial charge is 0.497 e. The summed E-state index contributed by atoms with van der Waals surface area (Å²) < 4.78 is 11.1. The zero-order valence-electron chi connectivity index (χ0n) is 17.3. The number of allylic oxidation sites excluding steroid dienone is 2. The maximum atomic E-state index is 13.2. The van der Waals surface area contributed by atoms with Gasteiger partial charge in [0.25, 0.3) is 0 Å². The fraction of sp³-hybridized carbons (Fsp3) is 0.320. The average molecular weight is 403 g/mol. The van der Waals surface area contributed by atoms with Gasteiger partial charge in [-0.2, -0.15) is 0 Å². The molecule has 1 heterocycles. The minimum Gasteiger partial charge on any atom is -0.497 e. The molecule has 2 aromatic carbocycles. The van der Waals surface area contributed by atoms with Gasteiger partial charge in [0.1, 0.15) is 18.3 Å². The summed E-state index contributed by atoms with van der Waals surface area (Å²) in [6.45, 7) is 2.04. The summed E-state index contributed by atoms with van der Waals surface area (Å²) in [6.07, 6.45) is 2.03. The van der Waals surface area contributed by atoms with Crippen molar-refractivity contribution in [1.29, 1.82) is 0 Å². The molecular weight excluding hydrogens is 378 g/mol. The topological polar surface area (TPSA) is 65.0 Å². The summed E-state index contributed by atoms with van der Waals surface area (Å²) in [4.78, 5) is 30.8. The van der Waals surface area contributed by atoms with Crippen LogP contribution in [0.2, 0.25) is 0 Å². The Hall–Kier alpha value is -3.21. The standard InChI is InChI=1S/C25H25NO4/c1-16-22(25(28)30-15-17-8-4-3-5-9-17)23(18-10-6-11-19(14-18)29-2)24-20(26-16)12-7-13-21(24)27/h3-6,8-11,14,22-23H,7,12-13,15H2,1-2H3/t22?,23-/m1/s1. The lowest BCUT2D eigenvalue weighted by atomic mass is 9.71. The number of esters is 1. The van der Waals surface area contributed by atoms with Crippen molar-refractivity contribution in [3.63, 3.8) is 0 Å². The Morgan fingerprint density at radius 1 is 1.10 bits per heavy atom. The highest BCUT2D eigenvalue weighted by molar-refractivity contribution is 6.08. The van der Waals surface area contributed by atoms with E-state index in [0.29, 0.717) is 23.5 Å². The number of ketones is 1. The summed E-state index contributed by atoms with van der Waals surface area (Å²) in [5.74, 6) is -0.654. The Labute approximate surface area is 176 Å². The maximum absolute atomic E-state index is 13.2. The van der Waals surface area contributed by atoms with Gasteiger partial charge in [-0.05, 0) is 43.0 Å². The van der Waals surface area contributed by atoms with E-state index in [1.165, 1.54) is 0 Å². The van der Waals surface area contributed by atoms with E-state index in [0.717, 1.165) is 29.7 Å². The number of rotatable bonds is 5. The lowest BCUT2D eigenvalue weighted by Gasteiger charge is -2.34. The molecule has 5 heteroatoms. The Morgan fingerprint density at radius 3 is 2.67 bits per heavy atom. The molecule has 154 valence electrons. The summed E-state index contributed by atoms with van der Waals surface area (Å²) in [5.41, 5.74) is 3.94. The first-order chi connectivity index (χ1) is 14.6. The van der Waals surface area contributed by atoms with Crippen molar-refractivity contribution in [2.24, 2.45) is 10.9 Å². The van der Waals surface area contributed by atoms with Gasteiger partial charge in [-0.25, -0.2) is 0 Å². The molecule has 0 fully saturated rings. The van der Waals surface area contributed by atoms with Crippen LogP contribution in [0.1, 0.15) is 43.2 Å². The molecule has 1 unspecified atom stereocenters. The highest BCUT2D eigenvalue weighted by Gasteiger charge is 2.43. The van der Waals surface area contributed by atoms with Crippen LogP contribution in [-0.2, 0) is 20.9 Å². The third-order valence-electron chi connectivity index (χ3n) is 5.77. The molecule has 30 heavy (non-hydrogen) atoms. The maximum Gasteiger partial charge on any atom is 0.315 e. The highest BCUT2D eigenvalue weighted by atomic mass is 16.5. The second-order valence-corrected chi connectivity index (χ2v) is 7.72. The van der Waals surface area contributed by atoms with E-state index < -0.39 is 11.8 Å². The lowest BCUT2D eigenvalue weighted by Crippen LogP contribution is -2.37. The second kappa shape index (κ2) is 8.66. The summed E-state index contributed by atoms with van der Waals surface area (Å²) in [6, 6.07) is 17.2. The van der Waals surface area contributed by atoms with Gasteiger partial charge in [0.15, 0.2) is 5.78 Å². The molecule has 1 aliphatic carbocycles. The fourth-order valence-electron chi connectivity index (χ4n) is 4.33. The van der Waals surface area contributed by atoms with Crippen LogP contribution in [0.3, 0.4) is 0 Å². The van der Waals surface area contributed by atoms with Crippen LogP contribution in [0.25, 0.3) is 0 Å². The predicted molar refractivity (Wildman–Crippen MR) is 114 cm³/mol. The van der Waals surface area contributed by atoms with Crippen molar-refractivity contribution >= 4 is 17.5 Å². The molecule has 0 aromatic heterocycles. The van der Waals surface area contributed by atoms with Gasteiger partial charge >= 0.3 is 5.97 Å². The smallest absolute Gasteiger partial charge is 0.315 e. The van der Waals surface area contributed by atoms with Crippen LogP contribution in [0.4, 0.5) is 0 Å². The first-order valence-corrected chi connectivity index (χ1v) is 10.2. The van der Waals surface area contributed by atoms with Gasteiger partial charge in [0.05, 0.1) is 7.11 Å². The zero-order chi connectivity index (χ0) is 21.1. The van der Waals surface area contributed by atoms with Crippen LogP contribution in [0, 0.1) is 5.92 Å². The van der Waals surface area contributed by atoms with Crippen molar-refractivity contribution in [1.82, 2.24) is 0 Å². The molecule has 0 saturated heterocycles. The first kappa shape index (κ1) is 20.1. The summed E-state index contributed by atoms with van der Waals surface area (Å²) >= 11 is 0. The van der Waals surface area contributed by atoms with Gasteiger partial charge in [-0.15, -0.1) is 0 Å². The summed E-state index contributed by atoms with van der Waals surface area (Å²) in [5, 5.41) is 0. The number of hydrogen-bond acceptors (Lipinski definition) is 5. The van der Waals surface area contributed by atoms with E-state index in [4.69, 9.17) is 9.47 Å². The number of carbonyl (C=O) groups is 2. The third-order valence-corrected chi connectivity index (χ3v) is 5.77. The fourth-order valence-corrected chi connectivity index (χ4v) is 4.33. The minimum atomic E-state index is -0.637. The third kappa shape index (κ3) is 3.92. The number of benzene rings is 2. The van der Waals surface area contributed by atoms with E-state index >= 15 is 0 Å². The van der Waals surface area contributed by atoms with Crippen LogP contribution < -0.4 is 4.74 Å². The molecule has 0 spiro atoms. The molecule has 0 N–H and O–H groups in total. The summed E-state index contributed by atoms with van der Waals surface area (Å²) in [7, 11) is 1.61. The molecule has 2 atom stereocenters. The molecule has 5 nitrogen and oxygen atoms in total. The van der Waals surface area contributed by atoms with Crippen molar-refractivity contribution in [2.75, 3.05) is 7.11 Å². The number of carbonyl (C=O) groups excluding carboxylic acids is 2. The predicted octanol–water partition coefficient (Wildman–Crippen LogP) is 4.62. The number of Topliss-reactive ketones (excluding diaryl/α,β-unsaturated/α-hetero) is 1. The SMILES string of the molecule is COc1cccc([C@H]2C3=C(CCCC3=O)N=C(C)C2C(=O)OCc2ccccc2)c1. The van der Waals surface area contributed by atoms with Crippen LogP contribution in [-0.4, -0.2) is 24.6 Å². The van der Waals surface area contributed by atoms with E-state index in [1.807, 2.05) is 61.5 Å². The quantitative estimate of drug-likeness (QED) is 0.684. The van der Waals surface area contributed by atoms with Crippen molar-refractivity contribution < 1.29 is 19.1 Å². The number of nitrogens with zero attached hydrogens (tertiary/aromatic N) is 1. The molecular formula is C25H25NO4. The Bertz CT molecular complexity index is 1020. The van der Waals surface area contributed by atoms with Gasteiger partial charge in [-0.1, -0.05) is 42.5 Å². The van der Waals surface area contributed by atoms with Crippen LogP contribution >= 0.6 is 0 Å². The molecule has 2 aliphatic rings. The van der Waals surface area contributed by atoms with Gasteiger partial charge in [0.2, 0.25) is 0 Å². The number of ether oxygens (including phenoxy) is 2. The van der Waals surface area contributed by atoms with E-state index in [9.17, 15) is 9.59 Å². The highest BCUT2D eigenvalue weighted by Crippen LogP contribution is 2.44. The van der Waals surface area contributed by atoms with Crippen molar-refractivity contribution in [3.05, 3.63) is 77.0 Å². The van der Waals surface area contributed by atoms with Gasteiger partial charge in [0, 0.05) is 29.3 Å². The molecule has 4 rings (SSSR count). The van der Waals surface area contributed by atoms with E-state index in [1.54, 1.807) is 7.11 Å². The average Bonchev–Trinajstić information content (AvgIpc) is 2.77. The Kier molecular flexibility index (Phi) is 5.79. The molecule has 0 bridgehead atoms. The number of hydrogen-bond donors (Lipinski definition) is 0. The number of aliphatic imine (C=N–C) groups is 1. The van der Waals surface area contributed by atoms with E-state index in [2.05, 4.69) is 4.99 Å². The molecule has 0 saturated carbocycles. The first-order valence-electron chi connectivity index (χ1n) is 10.2. The van der Waals surface area contributed by atoms with Gasteiger partial charge in [-0.3, -0.25) is 14.6 Å². The van der Waals surface area contributed by atoms with Gasteiger partial charge < -0.3 is 9.47 Å². The molecule has 0 amide bonds. The molecule has 0 radical (unpaired) electrons. The Morgan fingerprint density at radius 2 is 1.90 bits per heavy atom. The lowest BCUT2D eigenvalue weighted by molar-refractivity contribution is -0.148. The molecule has 2 aromatic rings. The Balaban J connectivity index is 1.71. The monoisotopic (exact) mass is 403 g/mol. The van der Waals surface area contributed by atoms with Crippen molar-refractivity contribution in [2.45, 2.75) is 38.7 Å². The normalized spacial score (nSPS) is 21.0. The van der Waals surface area contributed by atoms with E-state index in [-0.39, 0.29) is 18.4 Å².